The van der Waals surface area contributed by atoms with Crippen molar-refractivity contribution >= 4 is 26.7 Å². The van der Waals surface area contributed by atoms with Gasteiger partial charge in [-0.25, -0.2) is 0 Å². The average Bonchev–Trinajstić information content (AvgIpc) is 3.13. The Balaban J connectivity index is 1.62. The van der Waals surface area contributed by atoms with Crippen LogP contribution in [0.5, 0.6) is 5.75 Å². The first kappa shape index (κ1) is 22.9. The second-order valence-electron chi connectivity index (χ2n) is 7.60. The molecule has 0 aliphatic carbocycles. The lowest BCUT2D eigenvalue weighted by Crippen LogP contribution is -2.32. The van der Waals surface area contributed by atoms with Crippen molar-refractivity contribution in [3.63, 3.8) is 0 Å². The molecule has 31 heavy (non-hydrogen) atoms. The van der Waals surface area contributed by atoms with Gasteiger partial charge in [-0.05, 0) is 42.7 Å². The Morgan fingerprint density at radius 3 is 2.77 bits per heavy atom. The summed E-state index contributed by atoms with van der Waals surface area (Å²) in [7, 11) is -3.60. The zero-order valence-electron chi connectivity index (χ0n) is 17.8. The fraction of sp³-hybridized carbons (Fsp3) is 0.304. The first-order valence-electron chi connectivity index (χ1n) is 10.1. The lowest BCUT2D eigenvalue weighted by molar-refractivity contribution is 0.170. The Morgan fingerprint density at radius 1 is 1.26 bits per heavy atom. The molecule has 0 fully saturated rings. The van der Waals surface area contributed by atoms with E-state index in [-0.39, 0.29) is 11.8 Å². The van der Waals surface area contributed by atoms with Gasteiger partial charge in [0, 0.05) is 36.4 Å². The number of H-pyrrole nitrogens is 1. The van der Waals surface area contributed by atoms with E-state index < -0.39 is 16.2 Å². The van der Waals surface area contributed by atoms with Crippen LogP contribution in [-0.4, -0.2) is 43.9 Å². The minimum atomic E-state index is -3.60. The SMILES string of the molecule is C=CCNc1cccc([C@@H](O)CN[C@H](C)Cc2c[nH]c3c(OS(C)(=O)=O)cccc23)c1. The summed E-state index contributed by atoms with van der Waals surface area (Å²) in [6.45, 7) is 6.82. The van der Waals surface area contributed by atoms with Gasteiger partial charge in [-0.2, -0.15) is 8.42 Å². The summed E-state index contributed by atoms with van der Waals surface area (Å²) in [6.07, 6.45) is 4.75. The molecule has 3 aromatic rings. The number of fused-ring (bicyclic) bond motifs is 1. The minimum Gasteiger partial charge on any atom is -0.387 e. The van der Waals surface area contributed by atoms with Crippen LogP contribution in [0.1, 0.15) is 24.2 Å². The van der Waals surface area contributed by atoms with Crippen molar-refractivity contribution in [2.75, 3.05) is 24.7 Å². The molecule has 166 valence electrons. The number of rotatable bonds is 11. The van der Waals surface area contributed by atoms with Gasteiger partial charge in [0.15, 0.2) is 5.75 Å². The maximum atomic E-state index is 11.5. The highest BCUT2D eigenvalue weighted by molar-refractivity contribution is 7.86. The fourth-order valence-corrected chi connectivity index (χ4v) is 3.93. The third-order valence-electron chi connectivity index (χ3n) is 4.91. The number of benzene rings is 2. The molecule has 0 amide bonds. The van der Waals surface area contributed by atoms with Crippen molar-refractivity contribution in [3.8, 4) is 5.75 Å². The van der Waals surface area contributed by atoms with Crippen LogP contribution < -0.4 is 14.8 Å². The van der Waals surface area contributed by atoms with E-state index in [1.54, 1.807) is 18.2 Å². The van der Waals surface area contributed by atoms with Crippen LogP contribution in [0.15, 0.2) is 61.3 Å². The zero-order valence-corrected chi connectivity index (χ0v) is 18.6. The summed E-state index contributed by atoms with van der Waals surface area (Å²) in [5.41, 5.74) is 3.47. The number of hydrogen-bond acceptors (Lipinski definition) is 6. The Bertz CT molecular complexity index is 1140. The van der Waals surface area contributed by atoms with Crippen molar-refractivity contribution in [2.45, 2.75) is 25.5 Å². The van der Waals surface area contributed by atoms with Gasteiger partial charge in [0.2, 0.25) is 0 Å². The second kappa shape index (κ2) is 10.00. The highest BCUT2D eigenvalue weighted by atomic mass is 32.2. The van der Waals surface area contributed by atoms with Gasteiger partial charge in [0.1, 0.15) is 0 Å². The molecular weight excluding hydrogens is 414 g/mol. The van der Waals surface area contributed by atoms with E-state index in [1.165, 1.54) is 0 Å². The summed E-state index contributed by atoms with van der Waals surface area (Å²) in [6, 6.07) is 13.1. The third kappa shape index (κ3) is 6.33. The summed E-state index contributed by atoms with van der Waals surface area (Å²) in [4.78, 5) is 3.12. The van der Waals surface area contributed by atoms with E-state index in [0.29, 0.717) is 25.0 Å². The Hall–Kier alpha value is -2.81. The quantitative estimate of drug-likeness (QED) is 0.268. The van der Waals surface area contributed by atoms with Crippen molar-refractivity contribution in [1.82, 2.24) is 10.3 Å². The lowest BCUT2D eigenvalue weighted by atomic mass is 10.0. The third-order valence-corrected chi connectivity index (χ3v) is 5.39. The van der Waals surface area contributed by atoms with Gasteiger partial charge in [0.05, 0.1) is 17.9 Å². The van der Waals surface area contributed by atoms with E-state index in [2.05, 4.69) is 22.2 Å². The number of para-hydroxylation sites is 1. The Labute approximate surface area is 183 Å². The smallest absolute Gasteiger partial charge is 0.306 e. The number of aromatic nitrogens is 1. The summed E-state index contributed by atoms with van der Waals surface area (Å²) in [5, 5.41) is 18.1. The van der Waals surface area contributed by atoms with E-state index in [1.807, 2.05) is 43.5 Å². The maximum Gasteiger partial charge on any atom is 0.306 e. The van der Waals surface area contributed by atoms with Gasteiger partial charge in [-0.1, -0.05) is 30.3 Å². The standard InChI is InChI=1S/C23H29N3O4S/c1-4-11-24-19-8-5-7-17(13-19)21(27)15-25-16(2)12-18-14-26-23-20(18)9-6-10-22(23)30-31(3,28)29/h4-10,13-14,16,21,24-27H,1,11-12,15H2,2-3H3/t16-,21+/m1/s1. The first-order valence-corrected chi connectivity index (χ1v) is 11.9. The molecule has 0 aliphatic rings. The lowest BCUT2D eigenvalue weighted by Gasteiger charge is -2.18. The molecule has 0 saturated heterocycles. The van der Waals surface area contributed by atoms with Crippen molar-refractivity contribution in [1.29, 1.82) is 0 Å². The highest BCUT2D eigenvalue weighted by Gasteiger charge is 2.15. The summed E-state index contributed by atoms with van der Waals surface area (Å²) < 4.78 is 28.1. The molecule has 1 aromatic heterocycles. The molecule has 0 aliphatic heterocycles. The molecule has 0 radical (unpaired) electrons. The van der Waals surface area contributed by atoms with Crippen LogP contribution in [-0.2, 0) is 16.5 Å². The molecule has 0 saturated carbocycles. The number of aliphatic hydroxyl groups excluding tert-OH is 1. The number of nitrogens with one attached hydrogen (secondary N) is 3. The maximum absolute atomic E-state index is 11.5. The van der Waals surface area contributed by atoms with Crippen LogP contribution >= 0.6 is 0 Å². The molecule has 8 heteroatoms. The van der Waals surface area contributed by atoms with Crippen LogP contribution in [0.3, 0.4) is 0 Å². The normalized spacial score (nSPS) is 13.6. The largest absolute Gasteiger partial charge is 0.387 e. The number of aromatic amines is 1. The predicted octanol–water partition coefficient (Wildman–Crippen LogP) is 3.36. The molecule has 0 spiro atoms. The molecule has 2 atom stereocenters. The van der Waals surface area contributed by atoms with Gasteiger partial charge in [-0.15, -0.1) is 6.58 Å². The molecule has 2 aromatic carbocycles. The number of anilines is 1. The Kier molecular flexibility index (Phi) is 7.37. The van der Waals surface area contributed by atoms with Gasteiger partial charge in [-0.3, -0.25) is 0 Å². The van der Waals surface area contributed by atoms with Crippen molar-refractivity contribution in [3.05, 3.63) is 72.4 Å². The molecule has 3 rings (SSSR count). The van der Waals surface area contributed by atoms with E-state index in [4.69, 9.17) is 4.18 Å². The van der Waals surface area contributed by atoms with Crippen LogP contribution in [0.2, 0.25) is 0 Å². The molecule has 1 heterocycles. The van der Waals surface area contributed by atoms with Gasteiger partial charge >= 0.3 is 10.1 Å². The molecule has 7 nitrogen and oxygen atoms in total. The van der Waals surface area contributed by atoms with Crippen LogP contribution in [0, 0.1) is 0 Å². The topological polar surface area (TPSA) is 103 Å². The fourth-order valence-electron chi connectivity index (χ4n) is 3.46. The summed E-state index contributed by atoms with van der Waals surface area (Å²) in [5.74, 6) is 0.284. The summed E-state index contributed by atoms with van der Waals surface area (Å²) >= 11 is 0. The van der Waals surface area contributed by atoms with E-state index in [0.717, 1.165) is 28.5 Å². The predicted molar refractivity (Wildman–Crippen MR) is 125 cm³/mol. The van der Waals surface area contributed by atoms with Crippen molar-refractivity contribution in [2.24, 2.45) is 0 Å². The van der Waals surface area contributed by atoms with Crippen LogP contribution in [0.4, 0.5) is 5.69 Å². The molecule has 4 N–H and O–H groups in total. The monoisotopic (exact) mass is 443 g/mol. The van der Waals surface area contributed by atoms with E-state index in [9.17, 15) is 13.5 Å². The second-order valence-corrected chi connectivity index (χ2v) is 9.18. The van der Waals surface area contributed by atoms with E-state index >= 15 is 0 Å². The highest BCUT2D eigenvalue weighted by Crippen LogP contribution is 2.29. The number of hydrogen-bond donors (Lipinski definition) is 4. The molecular formula is C23H29N3O4S. The molecule has 0 bridgehead atoms. The number of aliphatic hydroxyl groups is 1. The Morgan fingerprint density at radius 2 is 2.03 bits per heavy atom. The first-order chi connectivity index (χ1) is 14.8. The van der Waals surface area contributed by atoms with Gasteiger partial charge < -0.3 is 24.9 Å². The average molecular weight is 444 g/mol. The van der Waals surface area contributed by atoms with Crippen molar-refractivity contribution < 1.29 is 17.7 Å². The minimum absolute atomic E-state index is 0.0928. The van der Waals surface area contributed by atoms with Gasteiger partial charge in [0.25, 0.3) is 0 Å². The van der Waals surface area contributed by atoms with Crippen LogP contribution in [0.25, 0.3) is 10.9 Å². The molecule has 0 unspecified atom stereocenters. The zero-order chi connectivity index (χ0) is 22.4.